The van der Waals surface area contributed by atoms with Crippen LogP contribution in [0.4, 0.5) is 10.5 Å². The standard InChI is InChI=1S/C12H13N3O4/c13-5-8-1-3-9(4-2-8)15-10(16)6-14(12(15)19)7-11(17)18/h1-4H,5-7,13H2,(H,17,18). The molecule has 2 rings (SSSR count). The van der Waals surface area contributed by atoms with Crippen LogP contribution in [0.5, 0.6) is 0 Å². The normalized spacial score (nSPS) is 15.2. The molecule has 0 aromatic heterocycles. The molecular weight excluding hydrogens is 250 g/mol. The Kier molecular flexibility index (Phi) is 3.48. The summed E-state index contributed by atoms with van der Waals surface area (Å²) >= 11 is 0. The topological polar surface area (TPSA) is 104 Å². The number of anilines is 1. The van der Waals surface area contributed by atoms with Gasteiger partial charge in [0.1, 0.15) is 13.1 Å². The predicted molar refractivity (Wildman–Crippen MR) is 66.4 cm³/mol. The first-order valence-electron chi connectivity index (χ1n) is 5.65. The lowest BCUT2D eigenvalue weighted by Crippen LogP contribution is -2.35. The van der Waals surface area contributed by atoms with E-state index >= 15 is 0 Å². The van der Waals surface area contributed by atoms with Crippen LogP contribution in [0.1, 0.15) is 5.56 Å². The molecule has 0 radical (unpaired) electrons. The van der Waals surface area contributed by atoms with Gasteiger partial charge in [0.15, 0.2) is 0 Å². The molecule has 7 heteroatoms. The average molecular weight is 263 g/mol. The molecule has 1 fully saturated rings. The number of carbonyl (C=O) groups excluding carboxylic acids is 2. The molecule has 0 bridgehead atoms. The molecule has 1 aromatic carbocycles. The molecule has 3 amide bonds. The van der Waals surface area contributed by atoms with E-state index in [1.807, 2.05) is 0 Å². The van der Waals surface area contributed by atoms with Crippen molar-refractivity contribution in [2.75, 3.05) is 18.0 Å². The van der Waals surface area contributed by atoms with Gasteiger partial charge in [0.05, 0.1) is 5.69 Å². The quantitative estimate of drug-likeness (QED) is 0.744. The molecule has 1 aliphatic rings. The highest BCUT2D eigenvalue weighted by Gasteiger charge is 2.37. The Labute approximate surface area is 109 Å². The van der Waals surface area contributed by atoms with Crippen LogP contribution in [0.3, 0.4) is 0 Å². The number of nitrogens with zero attached hydrogens (tertiary/aromatic N) is 2. The van der Waals surface area contributed by atoms with Gasteiger partial charge < -0.3 is 15.7 Å². The fourth-order valence-corrected chi connectivity index (χ4v) is 1.87. The maximum Gasteiger partial charge on any atom is 0.332 e. The molecule has 1 aromatic rings. The van der Waals surface area contributed by atoms with Gasteiger partial charge >= 0.3 is 12.0 Å². The van der Waals surface area contributed by atoms with Crippen molar-refractivity contribution in [3.8, 4) is 0 Å². The number of aliphatic carboxylic acids is 1. The van der Waals surface area contributed by atoms with Crippen molar-refractivity contribution >= 4 is 23.6 Å². The minimum Gasteiger partial charge on any atom is -0.480 e. The summed E-state index contributed by atoms with van der Waals surface area (Å²) in [7, 11) is 0. The van der Waals surface area contributed by atoms with Crippen molar-refractivity contribution < 1.29 is 19.5 Å². The average Bonchev–Trinajstić information content (AvgIpc) is 2.64. The van der Waals surface area contributed by atoms with E-state index in [0.717, 1.165) is 15.4 Å². The summed E-state index contributed by atoms with van der Waals surface area (Å²) in [5.74, 6) is -1.59. The van der Waals surface area contributed by atoms with Gasteiger partial charge in [-0.2, -0.15) is 0 Å². The number of carboxylic acids is 1. The highest BCUT2D eigenvalue weighted by atomic mass is 16.4. The summed E-state index contributed by atoms with van der Waals surface area (Å²) in [5, 5.41) is 8.67. The van der Waals surface area contributed by atoms with Crippen LogP contribution < -0.4 is 10.6 Å². The van der Waals surface area contributed by atoms with Gasteiger partial charge in [-0.05, 0) is 17.7 Å². The molecule has 3 N–H and O–H groups in total. The Morgan fingerprint density at radius 3 is 2.42 bits per heavy atom. The molecule has 19 heavy (non-hydrogen) atoms. The fourth-order valence-electron chi connectivity index (χ4n) is 1.87. The lowest BCUT2D eigenvalue weighted by Gasteiger charge is -2.15. The number of urea groups is 1. The second-order valence-electron chi connectivity index (χ2n) is 4.13. The van der Waals surface area contributed by atoms with Gasteiger partial charge in [0.2, 0.25) is 0 Å². The number of carbonyl (C=O) groups is 3. The SMILES string of the molecule is NCc1ccc(N2C(=O)CN(CC(=O)O)C2=O)cc1. The van der Waals surface area contributed by atoms with E-state index in [1.165, 1.54) is 0 Å². The van der Waals surface area contributed by atoms with E-state index < -0.39 is 24.5 Å². The highest BCUT2D eigenvalue weighted by molar-refractivity contribution is 6.20. The number of nitrogens with two attached hydrogens (primary N) is 1. The van der Waals surface area contributed by atoms with Gasteiger partial charge in [-0.3, -0.25) is 9.59 Å². The number of benzene rings is 1. The van der Waals surface area contributed by atoms with Gasteiger partial charge in [-0.1, -0.05) is 12.1 Å². The molecule has 1 saturated heterocycles. The van der Waals surface area contributed by atoms with Crippen LogP contribution in [0.15, 0.2) is 24.3 Å². The third-order valence-corrected chi connectivity index (χ3v) is 2.79. The predicted octanol–water partition coefficient (Wildman–Crippen LogP) is -0.00150. The number of hydrogen-bond donors (Lipinski definition) is 2. The molecule has 1 aliphatic heterocycles. The number of hydrogen-bond acceptors (Lipinski definition) is 4. The molecule has 100 valence electrons. The lowest BCUT2D eigenvalue weighted by molar-refractivity contribution is -0.137. The third kappa shape index (κ3) is 2.55. The number of amides is 3. The van der Waals surface area contributed by atoms with Crippen molar-refractivity contribution in [1.82, 2.24) is 4.90 Å². The molecule has 1 heterocycles. The third-order valence-electron chi connectivity index (χ3n) is 2.79. The van der Waals surface area contributed by atoms with E-state index in [0.29, 0.717) is 12.2 Å². The summed E-state index contributed by atoms with van der Waals surface area (Å²) in [4.78, 5) is 36.3. The van der Waals surface area contributed by atoms with Gasteiger partial charge in [0, 0.05) is 6.54 Å². The summed E-state index contributed by atoms with van der Waals surface area (Å²) in [5.41, 5.74) is 6.76. The fraction of sp³-hybridized carbons (Fsp3) is 0.250. The largest absolute Gasteiger partial charge is 0.480 e. The Bertz CT molecular complexity index is 526. The van der Waals surface area contributed by atoms with Crippen LogP contribution in [0.25, 0.3) is 0 Å². The maximum atomic E-state index is 11.9. The zero-order valence-electron chi connectivity index (χ0n) is 10.1. The molecule has 0 unspecified atom stereocenters. The van der Waals surface area contributed by atoms with Crippen LogP contribution in [-0.2, 0) is 16.1 Å². The second-order valence-corrected chi connectivity index (χ2v) is 4.13. The van der Waals surface area contributed by atoms with Crippen molar-refractivity contribution in [2.45, 2.75) is 6.54 Å². The van der Waals surface area contributed by atoms with E-state index in [-0.39, 0.29) is 6.54 Å². The van der Waals surface area contributed by atoms with Crippen molar-refractivity contribution in [1.29, 1.82) is 0 Å². The number of rotatable bonds is 4. The lowest BCUT2D eigenvalue weighted by atomic mass is 10.2. The molecule has 0 atom stereocenters. The van der Waals surface area contributed by atoms with Crippen LogP contribution in [-0.4, -0.2) is 41.0 Å². The van der Waals surface area contributed by atoms with Crippen molar-refractivity contribution in [2.24, 2.45) is 5.73 Å². The molecule has 0 aliphatic carbocycles. The smallest absolute Gasteiger partial charge is 0.332 e. The monoisotopic (exact) mass is 263 g/mol. The van der Waals surface area contributed by atoms with Gasteiger partial charge in [-0.15, -0.1) is 0 Å². The Morgan fingerprint density at radius 2 is 1.89 bits per heavy atom. The van der Waals surface area contributed by atoms with Crippen molar-refractivity contribution in [3.05, 3.63) is 29.8 Å². The van der Waals surface area contributed by atoms with Crippen LogP contribution in [0, 0.1) is 0 Å². The Balaban J connectivity index is 2.21. The maximum absolute atomic E-state index is 11.9. The summed E-state index contributed by atoms with van der Waals surface area (Å²) in [6.07, 6.45) is 0. The summed E-state index contributed by atoms with van der Waals surface area (Å²) in [6, 6.07) is 6.05. The van der Waals surface area contributed by atoms with E-state index in [2.05, 4.69) is 0 Å². The summed E-state index contributed by atoms with van der Waals surface area (Å²) in [6.45, 7) is -0.334. The highest BCUT2D eigenvalue weighted by Crippen LogP contribution is 2.21. The van der Waals surface area contributed by atoms with Crippen LogP contribution >= 0.6 is 0 Å². The van der Waals surface area contributed by atoms with E-state index in [4.69, 9.17) is 10.8 Å². The molecule has 0 spiro atoms. The molecule has 7 nitrogen and oxygen atoms in total. The van der Waals surface area contributed by atoms with Gasteiger partial charge in [-0.25, -0.2) is 9.69 Å². The first-order chi connectivity index (χ1) is 9.02. The number of imide groups is 1. The minimum atomic E-state index is -1.15. The van der Waals surface area contributed by atoms with Crippen molar-refractivity contribution in [3.63, 3.8) is 0 Å². The van der Waals surface area contributed by atoms with E-state index in [1.54, 1.807) is 24.3 Å². The Hall–Kier alpha value is -2.41. The van der Waals surface area contributed by atoms with Crippen LogP contribution in [0.2, 0.25) is 0 Å². The zero-order valence-corrected chi connectivity index (χ0v) is 10.1. The zero-order chi connectivity index (χ0) is 14.0. The Morgan fingerprint density at radius 1 is 1.26 bits per heavy atom. The molecular formula is C12H13N3O4. The number of carboxylic acid groups (broad SMARTS) is 1. The first-order valence-corrected chi connectivity index (χ1v) is 5.65. The first kappa shape index (κ1) is 13.0. The molecule has 0 saturated carbocycles. The minimum absolute atomic E-state index is 0.218. The second kappa shape index (κ2) is 5.07. The summed E-state index contributed by atoms with van der Waals surface area (Å²) < 4.78 is 0. The van der Waals surface area contributed by atoms with E-state index in [9.17, 15) is 14.4 Å². The van der Waals surface area contributed by atoms with Gasteiger partial charge in [0.25, 0.3) is 5.91 Å².